The minimum absolute atomic E-state index is 0.619. The van der Waals surface area contributed by atoms with Gasteiger partial charge in [0.05, 0.1) is 19.3 Å². The molecule has 9 nitrogen and oxygen atoms in total. The van der Waals surface area contributed by atoms with E-state index in [1.807, 2.05) is 0 Å². The minimum atomic E-state index is -3.11. The molecule has 18 heavy (non-hydrogen) atoms. The van der Waals surface area contributed by atoms with E-state index in [9.17, 15) is 14.8 Å². The maximum absolute atomic E-state index is 10.6. The molecule has 0 heterocycles. The summed E-state index contributed by atoms with van der Waals surface area (Å²) >= 11 is 0. The fraction of sp³-hybridized carbons (Fsp3) is 1.00. The molecule has 0 aromatic rings. The Morgan fingerprint density at radius 2 is 1.78 bits per heavy atom. The van der Waals surface area contributed by atoms with Gasteiger partial charge in [-0.1, -0.05) is 0 Å². The normalized spacial score (nSPS) is 20.9. The Bertz CT molecular complexity index is 253. The van der Waals surface area contributed by atoms with Crippen LogP contribution >= 0.6 is 8.25 Å². The van der Waals surface area contributed by atoms with E-state index in [1.165, 1.54) is 6.92 Å². The molecule has 0 spiro atoms. The maximum Gasteiger partial charge on any atom is 0.695 e. The molecule has 6 unspecified atom stereocenters. The van der Waals surface area contributed by atoms with Crippen LogP contribution in [0.3, 0.4) is 0 Å². The Labute approximate surface area is 105 Å². The fourth-order valence-electron chi connectivity index (χ4n) is 1.37. The van der Waals surface area contributed by atoms with Crippen molar-refractivity contribution >= 4 is 8.25 Å². The Balaban J connectivity index is 4.78. The van der Waals surface area contributed by atoms with Crippen LogP contribution in [0, 0.1) is 0 Å². The summed E-state index contributed by atoms with van der Waals surface area (Å²) in [5.41, 5.74) is 0. The third kappa shape index (κ3) is 6.10. The van der Waals surface area contributed by atoms with E-state index in [0.29, 0.717) is 0 Å². The second-order valence-corrected chi connectivity index (χ2v) is 4.37. The average molecular weight is 288 g/mol. The van der Waals surface area contributed by atoms with Gasteiger partial charge in [0, 0.05) is 4.57 Å². The average Bonchev–Trinajstić information content (AvgIpc) is 2.30. The van der Waals surface area contributed by atoms with Gasteiger partial charge in [-0.25, -0.2) is 0 Å². The van der Waals surface area contributed by atoms with E-state index in [0.717, 1.165) is 0 Å². The van der Waals surface area contributed by atoms with Crippen LogP contribution in [0.4, 0.5) is 0 Å². The molecule has 0 rings (SSSR count). The highest BCUT2D eigenvalue weighted by Gasteiger charge is 2.39. The molecular formula is C8H19NO8P+. The van der Waals surface area contributed by atoms with Crippen LogP contribution in [0.1, 0.15) is 6.92 Å². The van der Waals surface area contributed by atoms with Crippen LogP contribution < -0.4 is 5.32 Å². The first-order valence-corrected chi connectivity index (χ1v) is 6.31. The second kappa shape index (κ2) is 8.81. The first-order valence-electron chi connectivity index (χ1n) is 5.18. The van der Waals surface area contributed by atoms with Crippen molar-refractivity contribution in [2.75, 3.05) is 13.2 Å². The second-order valence-electron chi connectivity index (χ2n) is 3.68. The van der Waals surface area contributed by atoms with E-state index >= 15 is 0 Å². The van der Waals surface area contributed by atoms with Crippen LogP contribution in [0.15, 0.2) is 0 Å². The van der Waals surface area contributed by atoms with Crippen molar-refractivity contribution < 1.29 is 39.5 Å². The monoisotopic (exact) mass is 288 g/mol. The third-order valence-electron chi connectivity index (χ3n) is 2.18. The number of hydrogen-bond donors (Lipinski definition) is 7. The molecule has 0 aromatic heterocycles. The molecule has 0 aliphatic rings. The molecule has 0 bridgehead atoms. The summed E-state index contributed by atoms with van der Waals surface area (Å²) in [6, 6.07) is -1.11. The highest BCUT2D eigenvalue weighted by Crippen LogP contribution is 2.23. The molecule has 0 aromatic carbocycles. The van der Waals surface area contributed by atoms with Gasteiger partial charge >= 0.3 is 8.25 Å². The van der Waals surface area contributed by atoms with E-state index in [1.54, 1.807) is 0 Å². The number of hydrogen-bond acceptors (Lipinski definition) is 8. The molecule has 7 N–H and O–H groups in total. The lowest BCUT2D eigenvalue weighted by atomic mass is 10.0. The fourth-order valence-corrected chi connectivity index (χ4v) is 1.84. The summed E-state index contributed by atoms with van der Waals surface area (Å²) in [4.78, 5) is 8.60. The lowest BCUT2D eigenvalue weighted by Gasteiger charge is -2.28. The zero-order valence-corrected chi connectivity index (χ0v) is 10.6. The highest BCUT2D eigenvalue weighted by atomic mass is 31.1. The van der Waals surface area contributed by atoms with Crippen LogP contribution in [0.2, 0.25) is 0 Å². The van der Waals surface area contributed by atoms with Crippen LogP contribution in [-0.4, -0.2) is 74.2 Å². The van der Waals surface area contributed by atoms with Crippen molar-refractivity contribution in [2.24, 2.45) is 0 Å². The molecule has 0 aliphatic heterocycles. The van der Waals surface area contributed by atoms with Crippen molar-refractivity contribution in [3.8, 4) is 0 Å². The standard InChI is InChI=1S/C8H18NO8P/c1-4(12)9-5(2-10)7(14)8(6(13)3-11)17-18(15)16/h4-14H,2-3H2,1H3/p+1. The van der Waals surface area contributed by atoms with Gasteiger partial charge < -0.3 is 25.5 Å². The SMILES string of the molecule is CC(O)NC(CO)C(O)C(O[P+](=O)O)C(O)CO. The summed E-state index contributed by atoms with van der Waals surface area (Å²) in [5, 5.41) is 48.4. The molecule has 0 saturated heterocycles. The summed E-state index contributed by atoms with van der Waals surface area (Å²) in [6.45, 7) is -0.0930. The number of aliphatic hydroxyl groups is 5. The zero-order valence-electron chi connectivity index (χ0n) is 9.75. The van der Waals surface area contributed by atoms with Gasteiger partial charge in [0.25, 0.3) is 0 Å². The van der Waals surface area contributed by atoms with E-state index in [4.69, 9.17) is 20.2 Å². The molecule has 0 saturated carbocycles. The van der Waals surface area contributed by atoms with Crippen LogP contribution in [-0.2, 0) is 9.09 Å². The number of nitrogens with one attached hydrogen (secondary N) is 1. The molecule has 10 heteroatoms. The van der Waals surface area contributed by atoms with E-state index in [-0.39, 0.29) is 0 Å². The molecular weight excluding hydrogens is 269 g/mol. The van der Waals surface area contributed by atoms with Crippen molar-refractivity contribution in [1.29, 1.82) is 0 Å². The lowest BCUT2D eigenvalue weighted by molar-refractivity contribution is -0.0850. The minimum Gasteiger partial charge on any atom is -0.395 e. The molecule has 6 atom stereocenters. The maximum atomic E-state index is 10.6. The molecule has 0 amide bonds. The first-order chi connectivity index (χ1) is 8.33. The molecule has 0 fully saturated rings. The van der Waals surface area contributed by atoms with Gasteiger partial charge in [0.1, 0.15) is 18.4 Å². The van der Waals surface area contributed by atoms with Gasteiger partial charge in [-0.05, 0) is 6.92 Å². The van der Waals surface area contributed by atoms with Crippen LogP contribution in [0.25, 0.3) is 0 Å². The number of aliphatic hydroxyl groups excluding tert-OH is 5. The topological polar surface area (TPSA) is 160 Å². The molecule has 108 valence electrons. The quantitative estimate of drug-likeness (QED) is 0.173. The van der Waals surface area contributed by atoms with Crippen molar-refractivity contribution in [2.45, 2.75) is 37.5 Å². The lowest BCUT2D eigenvalue weighted by Crippen LogP contribution is -2.55. The summed E-state index contributed by atoms with van der Waals surface area (Å²) in [6.07, 6.45) is -5.88. The van der Waals surface area contributed by atoms with Crippen LogP contribution in [0.5, 0.6) is 0 Å². The Kier molecular flexibility index (Phi) is 8.70. The smallest absolute Gasteiger partial charge is 0.395 e. The number of rotatable bonds is 9. The van der Waals surface area contributed by atoms with Crippen molar-refractivity contribution in [3.05, 3.63) is 0 Å². The summed E-state index contributed by atoms with van der Waals surface area (Å²) in [5.74, 6) is 0. The Morgan fingerprint density at radius 1 is 1.22 bits per heavy atom. The van der Waals surface area contributed by atoms with Gasteiger partial charge in [-0.3, -0.25) is 5.32 Å². The summed E-state index contributed by atoms with van der Waals surface area (Å²) in [7, 11) is -3.11. The van der Waals surface area contributed by atoms with Gasteiger partial charge in [0.15, 0.2) is 6.10 Å². The Morgan fingerprint density at radius 3 is 2.11 bits per heavy atom. The largest absolute Gasteiger partial charge is 0.695 e. The van der Waals surface area contributed by atoms with E-state index < -0.39 is 52.1 Å². The van der Waals surface area contributed by atoms with Gasteiger partial charge in [0.2, 0.25) is 0 Å². The molecule has 0 aliphatic carbocycles. The van der Waals surface area contributed by atoms with Crippen molar-refractivity contribution in [3.63, 3.8) is 0 Å². The first kappa shape index (κ1) is 17.8. The predicted octanol–water partition coefficient (Wildman–Crippen LogP) is -2.98. The van der Waals surface area contributed by atoms with Crippen molar-refractivity contribution in [1.82, 2.24) is 5.32 Å². The summed E-state index contributed by atoms with van der Waals surface area (Å²) < 4.78 is 15.0. The molecule has 0 radical (unpaired) electrons. The third-order valence-corrected chi connectivity index (χ3v) is 2.60. The van der Waals surface area contributed by atoms with Gasteiger partial charge in [-0.15, -0.1) is 9.42 Å². The van der Waals surface area contributed by atoms with E-state index in [2.05, 4.69) is 9.84 Å². The van der Waals surface area contributed by atoms with Gasteiger partial charge in [-0.2, -0.15) is 0 Å². The zero-order chi connectivity index (χ0) is 14.3. The Hall–Kier alpha value is -0.220. The predicted molar refractivity (Wildman–Crippen MR) is 59.5 cm³/mol. The highest BCUT2D eigenvalue weighted by molar-refractivity contribution is 7.32.